The van der Waals surface area contributed by atoms with E-state index in [4.69, 9.17) is 16.9 Å². The van der Waals surface area contributed by atoms with Gasteiger partial charge in [0, 0.05) is 0 Å². The molecule has 0 aromatic heterocycles. The summed E-state index contributed by atoms with van der Waals surface area (Å²) in [5.41, 5.74) is 9.57. The van der Waals surface area contributed by atoms with Crippen LogP contribution in [0.25, 0.3) is 0 Å². The average Bonchev–Trinajstić information content (AvgIpc) is 1.59. The van der Waals surface area contributed by atoms with Crippen molar-refractivity contribution in [3.63, 3.8) is 0 Å². The second-order valence-corrected chi connectivity index (χ2v) is 1.69. The zero-order valence-electron chi connectivity index (χ0n) is 4.77. The molecule has 0 spiro atoms. The lowest BCUT2D eigenvalue weighted by Gasteiger charge is -2.07. The summed E-state index contributed by atoms with van der Waals surface area (Å²) >= 11 is 4.21. The number of hydrogen-bond acceptors (Lipinski definition) is 4. The molecule has 0 radical (unpaired) electrons. The smallest absolute Gasteiger partial charge is 0.261 e. The van der Waals surface area contributed by atoms with Crippen molar-refractivity contribution in [1.29, 1.82) is 5.41 Å². The van der Waals surface area contributed by atoms with Crippen LogP contribution in [0, 0.1) is 15.5 Å². The number of nitrogens with zero attached hydrogens (tertiary/aromatic N) is 2. The quantitative estimate of drug-likeness (QED) is 0.144. The van der Waals surface area contributed by atoms with Gasteiger partial charge in [0.25, 0.3) is 5.96 Å². The Morgan fingerprint density at radius 3 is 2.10 bits per heavy atom. The highest BCUT2D eigenvalue weighted by Crippen LogP contribution is 1.84. The lowest BCUT2D eigenvalue weighted by Crippen LogP contribution is -2.47. The summed E-state index contributed by atoms with van der Waals surface area (Å²) in [6, 6.07) is 0. The van der Waals surface area contributed by atoms with Crippen LogP contribution in [0.3, 0.4) is 0 Å². The highest BCUT2D eigenvalue weighted by molar-refractivity contribution is 7.80. The fourth-order valence-electron chi connectivity index (χ4n) is 0.287. The van der Waals surface area contributed by atoms with Gasteiger partial charge in [0.1, 0.15) is 0 Å². The van der Waals surface area contributed by atoms with E-state index in [0.717, 1.165) is 0 Å². The van der Waals surface area contributed by atoms with Gasteiger partial charge in [-0.25, -0.2) is 10.1 Å². The van der Waals surface area contributed by atoms with Crippen LogP contribution in [0.5, 0.6) is 0 Å². The number of rotatable bonds is 1. The normalized spacial score (nSPS) is 8.40. The molecule has 0 fully saturated rings. The summed E-state index contributed by atoms with van der Waals surface area (Å²) in [6.07, 6.45) is 0. The molecule has 0 saturated heterocycles. The van der Waals surface area contributed by atoms with Crippen molar-refractivity contribution in [1.82, 2.24) is 5.01 Å². The topological polar surface area (TPSA) is 122 Å². The minimum absolute atomic E-state index is 0.0926. The van der Waals surface area contributed by atoms with Gasteiger partial charge >= 0.3 is 0 Å². The number of thiocarbonyl (C=S) groups is 1. The largest absolute Gasteiger partial charge is 0.371 e. The van der Waals surface area contributed by atoms with Gasteiger partial charge in [-0.15, -0.1) is 0 Å². The van der Waals surface area contributed by atoms with Crippen LogP contribution in [0.15, 0.2) is 0 Å². The Hall–Kier alpha value is -1.44. The second-order valence-electron chi connectivity index (χ2n) is 1.27. The monoisotopic (exact) mass is 163 g/mol. The first-order valence-corrected chi connectivity index (χ1v) is 2.45. The highest BCUT2D eigenvalue weighted by atomic mass is 32.1. The summed E-state index contributed by atoms with van der Waals surface area (Å²) in [7, 11) is 0. The predicted octanol–water partition coefficient (Wildman–Crippen LogP) is -1.38. The summed E-state index contributed by atoms with van der Waals surface area (Å²) < 4.78 is 0. The van der Waals surface area contributed by atoms with Gasteiger partial charge in [0.15, 0.2) is 5.03 Å². The number of hydrogen-bond donors (Lipinski definition) is 3. The number of nitrogens with two attached hydrogens (primary N) is 2. The third-order valence-corrected chi connectivity index (χ3v) is 0.773. The second kappa shape index (κ2) is 2.92. The van der Waals surface area contributed by atoms with Gasteiger partial charge < -0.3 is 11.5 Å². The van der Waals surface area contributed by atoms with E-state index in [2.05, 4.69) is 12.2 Å². The SMILES string of the molecule is N=C(N)N(C(N)=S)[N+](=O)[O-]. The van der Waals surface area contributed by atoms with Crippen LogP contribution in [-0.2, 0) is 0 Å². The maximum absolute atomic E-state index is 9.93. The van der Waals surface area contributed by atoms with Crippen LogP contribution >= 0.6 is 12.2 Å². The number of nitrogens with one attached hydrogen (secondary N) is 1. The molecule has 7 nitrogen and oxygen atoms in total. The molecule has 5 N–H and O–H groups in total. The van der Waals surface area contributed by atoms with Crippen molar-refractivity contribution in [2.45, 2.75) is 0 Å². The molecular weight excluding hydrogens is 158 g/mol. The van der Waals surface area contributed by atoms with E-state index in [9.17, 15) is 10.1 Å². The Morgan fingerprint density at radius 1 is 1.70 bits per heavy atom. The molecule has 0 aliphatic heterocycles. The maximum atomic E-state index is 9.93. The number of nitro groups is 1. The predicted molar refractivity (Wildman–Crippen MR) is 37.5 cm³/mol. The summed E-state index contributed by atoms with van der Waals surface area (Å²) in [4.78, 5) is 9.93. The first-order valence-electron chi connectivity index (χ1n) is 2.04. The van der Waals surface area contributed by atoms with Crippen molar-refractivity contribution in [3.8, 4) is 0 Å². The maximum Gasteiger partial charge on any atom is 0.261 e. The highest BCUT2D eigenvalue weighted by Gasteiger charge is 2.20. The minimum Gasteiger partial charge on any atom is -0.371 e. The zero-order valence-corrected chi connectivity index (χ0v) is 5.59. The number of hydrazine groups is 1. The molecule has 0 unspecified atom stereocenters. The molecule has 0 rings (SSSR count). The van der Waals surface area contributed by atoms with Gasteiger partial charge in [-0.2, -0.15) is 0 Å². The first kappa shape index (κ1) is 8.56. The van der Waals surface area contributed by atoms with Crippen molar-refractivity contribution in [3.05, 3.63) is 10.1 Å². The molecule has 0 aliphatic rings. The Morgan fingerprint density at radius 2 is 2.10 bits per heavy atom. The van der Waals surface area contributed by atoms with Crippen molar-refractivity contribution >= 4 is 23.3 Å². The van der Waals surface area contributed by atoms with E-state index in [-0.39, 0.29) is 5.01 Å². The molecule has 8 heteroatoms. The van der Waals surface area contributed by atoms with E-state index in [0.29, 0.717) is 0 Å². The molecule has 0 saturated carbocycles. The molecule has 0 amide bonds. The summed E-state index contributed by atoms with van der Waals surface area (Å²) in [6.45, 7) is 0. The summed E-state index contributed by atoms with van der Waals surface area (Å²) in [5.74, 6) is -0.808. The molecule has 56 valence electrons. The minimum atomic E-state index is -0.968. The average molecular weight is 163 g/mol. The van der Waals surface area contributed by atoms with Crippen LogP contribution < -0.4 is 11.5 Å². The van der Waals surface area contributed by atoms with Crippen LogP contribution in [0.4, 0.5) is 0 Å². The molecule has 0 aromatic rings. The van der Waals surface area contributed by atoms with Crippen LogP contribution in [-0.4, -0.2) is 21.1 Å². The fourth-order valence-corrected chi connectivity index (χ4v) is 0.452. The molecule has 10 heavy (non-hydrogen) atoms. The molecule has 0 aliphatic carbocycles. The summed E-state index contributed by atoms with van der Waals surface area (Å²) in [5, 5.41) is 15.1. The Kier molecular flexibility index (Phi) is 2.50. The molecule has 0 bridgehead atoms. The van der Waals surface area contributed by atoms with E-state index in [1.807, 2.05) is 0 Å². The zero-order chi connectivity index (χ0) is 8.31. The van der Waals surface area contributed by atoms with Gasteiger partial charge in [0.2, 0.25) is 5.11 Å². The lowest BCUT2D eigenvalue weighted by molar-refractivity contribution is -0.604. The molecule has 0 aromatic carbocycles. The van der Waals surface area contributed by atoms with E-state index < -0.39 is 16.1 Å². The van der Waals surface area contributed by atoms with Crippen LogP contribution in [0.1, 0.15) is 0 Å². The molecular formula is C2H5N5O2S. The fraction of sp³-hybridized carbons (Fsp3) is 0. The Balaban J connectivity index is 4.43. The Labute approximate surface area is 61.2 Å². The third kappa shape index (κ3) is 1.82. The third-order valence-electron chi connectivity index (χ3n) is 0.600. The van der Waals surface area contributed by atoms with Gasteiger partial charge in [-0.1, -0.05) is 0 Å². The van der Waals surface area contributed by atoms with Gasteiger partial charge in [-0.05, 0) is 17.2 Å². The van der Waals surface area contributed by atoms with Crippen molar-refractivity contribution in [2.75, 3.05) is 0 Å². The first-order chi connectivity index (χ1) is 4.46. The lowest BCUT2D eigenvalue weighted by atomic mass is 10.9. The van der Waals surface area contributed by atoms with Crippen molar-refractivity contribution in [2.24, 2.45) is 11.5 Å². The standard InChI is InChI=1S/C2H5N5O2S/c3-1(4)6(2(5)10)7(8)9/h(H3,3,4)(H2,5,10). The Bertz CT molecular complexity index is 157. The van der Waals surface area contributed by atoms with E-state index in [1.165, 1.54) is 0 Å². The number of guanidine groups is 1. The van der Waals surface area contributed by atoms with E-state index in [1.54, 1.807) is 0 Å². The molecule has 0 heterocycles. The molecule has 0 atom stereocenters. The van der Waals surface area contributed by atoms with Gasteiger partial charge in [0.05, 0.1) is 0 Å². The van der Waals surface area contributed by atoms with E-state index >= 15 is 0 Å². The van der Waals surface area contributed by atoms with Crippen molar-refractivity contribution < 1.29 is 5.03 Å². The van der Waals surface area contributed by atoms with Gasteiger partial charge in [-0.3, -0.25) is 5.41 Å². The van der Waals surface area contributed by atoms with Crippen LogP contribution in [0.2, 0.25) is 0 Å².